The van der Waals surface area contributed by atoms with Crippen LogP contribution in [0.3, 0.4) is 0 Å². The Bertz CT molecular complexity index is 1090. The maximum absolute atomic E-state index is 13.7. The van der Waals surface area contributed by atoms with Crippen LogP contribution in [0.15, 0.2) is 42.5 Å². The fourth-order valence-electron chi connectivity index (χ4n) is 3.29. The predicted octanol–water partition coefficient (Wildman–Crippen LogP) is 4.09. The number of H-pyrrole nitrogens is 1. The quantitative estimate of drug-likeness (QED) is 0.658. The molecular formula is C20H17ClF2N4O2. The number of benzene rings is 2. The van der Waals surface area contributed by atoms with Crippen LogP contribution in [0, 0.1) is 11.6 Å². The number of urea groups is 1. The lowest BCUT2D eigenvalue weighted by molar-refractivity contribution is 0.0667. The number of hydrogen-bond donors (Lipinski definition) is 2. The third kappa shape index (κ3) is 4.02. The van der Waals surface area contributed by atoms with E-state index in [0.29, 0.717) is 43.0 Å². The molecule has 0 spiro atoms. The summed E-state index contributed by atoms with van der Waals surface area (Å²) in [5.74, 6) is -1.72. The summed E-state index contributed by atoms with van der Waals surface area (Å²) in [5, 5.41) is 3.87. The minimum absolute atomic E-state index is 0.0911. The molecule has 29 heavy (non-hydrogen) atoms. The number of piperazine rings is 1. The van der Waals surface area contributed by atoms with Crippen molar-refractivity contribution in [2.75, 3.05) is 31.5 Å². The highest BCUT2D eigenvalue weighted by molar-refractivity contribution is 6.31. The first-order valence-corrected chi connectivity index (χ1v) is 9.37. The van der Waals surface area contributed by atoms with E-state index in [9.17, 15) is 18.4 Å². The van der Waals surface area contributed by atoms with Gasteiger partial charge in [0.15, 0.2) is 0 Å². The van der Waals surface area contributed by atoms with Gasteiger partial charge in [0.2, 0.25) is 0 Å². The van der Waals surface area contributed by atoms with Crippen molar-refractivity contribution in [2.45, 2.75) is 0 Å². The molecule has 1 fully saturated rings. The molecule has 0 aliphatic carbocycles. The Balaban J connectivity index is 1.38. The van der Waals surface area contributed by atoms with Crippen LogP contribution in [0.25, 0.3) is 10.9 Å². The highest BCUT2D eigenvalue weighted by atomic mass is 35.5. The van der Waals surface area contributed by atoms with Gasteiger partial charge in [0.25, 0.3) is 5.91 Å². The molecule has 0 radical (unpaired) electrons. The molecule has 2 heterocycles. The largest absolute Gasteiger partial charge is 0.351 e. The predicted molar refractivity (Wildman–Crippen MR) is 106 cm³/mol. The van der Waals surface area contributed by atoms with E-state index in [1.165, 1.54) is 11.0 Å². The van der Waals surface area contributed by atoms with E-state index in [1.807, 2.05) is 6.07 Å². The molecule has 6 nitrogen and oxygen atoms in total. The third-order valence-electron chi connectivity index (χ3n) is 4.84. The number of nitrogens with zero attached hydrogens (tertiary/aromatic N) is 2. The molecule has 2 aromatic carbocycles. The summed E-state index contributed by atoms with van der Waals surface area (Å²) in [7, 11) is 0. The SMILES string of the molecule is O=C(Nc1ccc(F)cc1F)N1CCN(C(=O)c2cc3cc(Cl)ccc3[nH]2)CC1. The fourth-order valence-corrected chi connectivity index (χ4v) is 3.47. The lowest BCUT2D eigenvalue weighted by atomic mass is 10.2. The Morgan fingerprint density at radius 2 is 1.69 bits per heavy atom. The van der Waals surface area contributed by atoms with Crippen LogP contribution < -0.4 is 5.32 Å². The Labute approximate surface area is 170 Å². The Morgan fingerprint density at radius 1 is 0.966 bits per heavy atom. The van der Waals surface area contributed by atoms with Crippen molar-refractivity contribution in [3.8, 4) is 0 Å². The topological polar surface area (TPSA) is 68.4 Å². The standard InChI is InChI=1S/C20H17ClF2N4O2/c21-13-1-3-16-12(9-13)10-18(24-16)19(28)26-5-7-27(8-6-26)20(29)25-17-4-2-14(22)11-15(17)23/h1-4,9-11,24H,5-8H2,(H,25,29). The van der Waals surface area contributed by atoms with Crippen LogP contribution in [-0.2, 0) is 0 Å². The number of aromatic nitrogens is 1. The number of fused-ring (bicyclic) bond motifs is 1. The Kier molecular flexibility index (Phi) is 5.10. The van der Waals surface area contributed by atoms with E-state index in [1.54, 1.807) is 23.1 Å². The zero-order valence-corrected chi connectivity index (χ0v) is 16.0. The van der Waals surface area contributed by atoms with Crippen LogP contribution in [0.1, 0.15) is 10.5 Å². The fraction of sp³-hybridized carbons (Fsp3) is 0.200. The number of hydrogen-bond acceptors (Lipinski definition) is 2. The van der Waals surface area contributed by atoms with Gasteiger partial charge in [-0.2, -0.15) is 0 Å². The zero-order chi connectivity index (χ0) is 20.5. The average molecular weight is 419 g/mol. The summed E-state index contributed by atoms with van der Waals surface area (Å²) in [6.45, 7) is 1.28. The minimum atomic E-state index is -0.842. The van der Waals surface area contributed by atoms with Gasteiger partial charge in [-0.3, -0.25) is 4.79 Å². The van der Waals surface area contributed by atoms with Gasteiger partial charge in [0, 0.05) is 48.2 Å². The van der Waals surface area contributed by atoms with Crippen LogP contribution in [0.2, 0.25) is 5.02 Å². The molecule has 150 valence electrons. The first-order valence-electron chi connectivity index (χ1n) is 8.99. The Morgan fingerprint density at radius 3 is 2.41 bits per heavy atom. The second-order valence-electron chi connectivity index (χ2n) is 6.75. The Hall–Kier alpha value is -3.13. The van der Waals surface area contributed by atoms with E-state index in [-0.39, 0.29) is 11.6 Å². The minimum Gasteiger partial charge on any atom is -0.351 e. The molecule has 1 aliphatic heterocycles. The third-order valence-corrected chi connectivity index (χ3v) is 5.08. The lowest BCUT2D eigenvalue weighted by Crippen LogP contribution is -2.51. The van der Waals surface area contributed by atoms with Crippen molar-refractivity contribution in [1.82, 2.24) is 14.8 Å². The van der Waals surface area contributed by atoms with E-state index in [0.717, 1.165) is 17.0 Å². The molecular weight excluding hydrogens is 402 g/mol. The van der Waals surface area contributed by atoms with Gasteiger partial charge in [-0.25, -0.2) is 13.6 Å². The number of aromatic amines is 1. The molecule has 3 aromatic rings. The summed E-state index contributed by atoms with van der Waals surface area (Å²) < 4.78 is 26.7. The summed E-state index contributed by atoms with van der Waals surface area (Å²) in [4.78, 5) is 31.3. The molecule has 2 N–H and O–H groups in total. The van der Waals surface area contributed by atoms with Crippen LogP contribution in [-0.4, -0.2) is 52.9 Å². The molecule has 3 amide bonds. The van der Waals surface area contributed by atoms with Crippen molar-refractivity contribution in [2.24, 2.45) is 0 Å². The number of rotatable bonds is 2. The van der Waals surface area contributed by atoms with Crippen molar-refractivity contribution < 1.29 is 18.4 Å². The normalized spacial score (nSPS) is 14.3. The molecule has 0 unspecified atom stereocenters. The maximum atomic E-state index is 13.7. The molecule has 0 atom stereocenters. The number of halogens is 3. The molecule has 0 bridgehead atoms. The summed E-state index contributed by atoms with van der Waals surface area (Å²) >= 11 is 5.98. The van der Waals surface area contributed by atoms with Crippen LogP contribution >= 0.6 is 11.6 Å². The molecule has 4 rings (SSSR count). The van der Waals surface area contributed by atoms with Crippen molar-refractivity contribution in [1.29, 1.82) is 0 Å². The highest BCUT2D eigenvalue weighted by Crippen LogP contribution is 2.21. The van der Waals surface area contributed by atoms with E-state index in [2.05, 4.69) is 10.3 Å². The van der Waals surface area contributed by atoms with Crippen molar-refractivity contribution >= 4 is 40.1 Å². The lowest BCUT2D eigenvalue weighted by Gasteiger charge is -2.34. The second kappa shape index (κ2) is 7.71. The summed E-state index contributed by atoms with van der Waals surface area (Å²) in [5.41, 5.74) is 1.18. The number of nitrogens with one attached hydrogen (secondary N) is 2. The first kappa shape index (κ1) is 19.2. The van der Waals surface area contributed by atoms with Crippen molar-refractivity contribution in [3.63, 3.8) is 0 Å². The van der Waals surface area contributed by atoms with Gasteiger partial charge in [0.1, 0.15) is 17.3 Å². The first-order chi connectivity index (χ1) is 13.9. The van der Waals surface area contributed by atoms with Gasteiger partial charge in [-0.15, -0.1) is 0 Å². The number of carbonyl (C=O) groups excluding carboxylic acids is 2. The van der Waals surface area contributed by atoms with Crippen LogP contribution in [0.4, 0.5) is 19.3 Å². The zero-order valence-electron chi connectivity index (χ0n) is 15.2. The average Bonchev–Trinajstić information content (AvgIpc) is 3.12. The monoisotopic (exact) mass is 418 g/mol. The van der Waals surface area contributed by atoms with Crippen molar-refractivity contribution in [3.05, 3.63) is 64.8 Å². The van der Waals surface area contributed by atoms with Gasteiger partial charge < -0.3 is 20.1 Å². The van der Waals surface area contributed by atoms with Gasteiger partial charge >= 0.3 is 6.03 Å². The van der Waals surface area contributed by atoms with E-state index >= 15 is 0 Å². The highest BCUT2D eigenvalue weighted by Gasteiger charge is 2.26. The molecule has 9 heteroatoms. The molecule has 1 aliphatic rings. The smallest absolute Gasteiger partial charge is 0.322 e. The summed E-state index contributed by atoms with van der Waals surface area (Å²) in [6, 6.07) is 9.54. The van der Waals surface area contributed by atoms with Gasteiger partial charge in [-0.1, -0.05) is 11.6 Å². The maximum Gasteiger partial charge on any atom is 0.322 e. The van der Waals surface area contributed by atoms with Gasteiger partial charge in [0.05, 0.1) is 5.69 Å². The molecule has 1 aromatic heterocycles. The summed E-state index contributed by atoms with van der Waals surface area (Å²) in [6.07, 6.45) is 0. The van der Waals surface area contributed by atoms with Gasteiger partial charge in [-0.05, 0) is 36.4 Å². The van der Waals surface area contributed by atoms with E-state index < -0.39 is 17.7 Å². The molecule has 0 saturated carbocycles. The second-order valence-corrected chi connectivity index (χ2v) is 7.18. The molecule has 1 saturated heterocycles. The number of carbonyl (C=O) groups is 2. The van der Waals surface area contributed by atoms with E-state index in [4.69, 9.17) is 11.6 Å². The van der Waals surface area contributed by atoms with Crippen LogP contribution in [0.5, 0.6) is 0 Å². The number of amides is 3. The number of anilines is 1.